The number of nitrogens with one attached hydrogen (secondary N) is 3. The average Bonchev–Trinajstić information content (AvgIpc) is 2.53. The highest BCUT2D eigenvalue weighted by Gasteiger charge is 2.19. The maximum absolute atomic E-state index is 12.1. The number of anilines is 3. The van der Waals surface area contributed by atoms with E-state index in [0.29, 0.717) is 17.1 Å². The summed E-state index contributed by atoms with van der Waals surface area (Å²) in [7, 11) is 1.74. The molecule has 1 aromatic rings. The van der Waals surface area contributed by atoms with Gasteiger partial charge in [-0.15, -0.1) is 0 Å². The molecule has 0 spiro atoms. The van der Waals surface area contributed by atoms with Crippen molar-refractivity contribution in [2.75, 3.05) is 30.0 Å². The molecule has 2 amide bonds. The molecule has 0 aromatic heterocycles. The molecule has 1 rings (SSSR count). The molecule has 30 heavy (non-hydrogen) atoms. The lowest BCUT2D eigenvalue weighted by Crippen LogP contribution is -2.39. The van der Waals surface area contributed by atoms with Crippen molar-refractivity contribution in [2.24, 2.45) is 0 Å². The van der Waals surface area contributed by atoms with E-state index in [1.165, 1.54) is 0 Å². The summed E-state index contributed by atoms with van der Waals surface area (Å²) in [5.41, 5.74) is 7.21. The second kappa shape index (κ2) is 10.4. The Bertz CT molecular complexity index is 738. The van der Waals surface area contributed by atoms with Crippen LogP contribution in [0.2, 0.25) is 0 Å². The van der Waals surface area contributed by atoms with Gasteiger partial charge in [0.1, 0.15) is 11.2 Å². The minimum absolute atomic E-state index is 0.239. The van der Waals surface area contributed by atoms with Crippen LogP contribution in [-0.4, -0.2) is 43.1 Å². The van der Waals surface area contributed by atoms with Crippen LogP contribution < -0.4 is 21.7 Å². The number of nitrogens with two attached hydrogens (primary N) is 1. The van der Waals surface area contributed by atoms with Crippen LogP contribution in [0.25, 0.3) is 0 Å². The van der Waals surface area contributed by atoms with Crippen molar-refractivity contribution in [1.29, 1.82) is 0 Å². The van der Waals surface area contributed by atoms with Crippen molar-refractivity contribution in [3.05, 3.63) is 17.7 Å². The Balaban J connectivity index is 2.71. The van der Waals surface area contributed by atoms with Gasteiger partial charge in [-0.3, -0.25) is 5.32 Å². The third-order valence-corrected chi connectivity index (χ3v) is 3.54. The smallest absolute Gasteiger partial charge is 0.412 e. The van der Waals surface area contributed by atoms with Crippen LogP contribution in [-0.2, 0) is 20.8 Å². The zero-order valence-corrected chi connectivity index (χ0v) is 19.3. The van der Waals surface area contributed by atoms with Crippen LogP contribution in [0.1, 0.15) is 54.0 Å². The fourth-order valence-corrected chi connectivity index (χ4v) is 2.42. The summed E-state index contributed by atoms with van der Waals surface area (Å²) in [6.45, 7) is 13.1. The zero-order valence-electron chi connectivity index (χ0n) is 19.3. The number of alkyl carbamates (subject to hydrolysis) is 1. The summed E-state index contributed by atoms with van der Waals surface area (Å²) in [5, 5.41) is 8.39. The first-order chi connectivity index (χ1) is 13.7. The maximum atomic E-state index is 12.1. The van der Waals surface area contributed by atoms with Gasteiger partial charge in [0, 0.05) is 7.05 Å². The Morgan fingerprint density at radius 3 is 2.07 bits per heavy atom. The van der Waals surface area contributed by atoms with Gasteiger partial charge in [0.2, 0.25) is 0 Å². The molecule has 0 bridgehead atoms. The highest BCUT2D eigenvalue weighted by Crippen LogP contribution is 2.30. The second-order valence-corrected chi connectivity index (χ2v) is 9.04. The van der Waals surface area contributed by atoms with Crippen molar-refractivity contribution in [3.8, 4) is 0 Å². The zero-order chi connectivity index (χ0) is 23.1. The number of hydrogen-bond acceptors (Lipinski definition) is 7. The van der Waals surface area contributed by atoms with E-state index < -0.39 is 23.4 Å². The number of amides is 2. The lowest BCUT2D eigenvalue weighted by molar-refractivity contribution is 0.0442. The minimum atomic E-state index is -0.622. The fourth-order valence-electron chi connectivity index (χ4n) is 2.42. The van der Waals surface area contributed by atoms with Crippen LogP contribution in [0.15, 0.2) is 12.1 Å². The maximum Gasteiger partial charge on any atom is 0.412 e. The molecule has 1 aromatic carbocycles. The third-order valence-electron chi connectivity index (χ3n) is 3.54. The first-order valence-corrected chi connectivity index (χ1v) is 9.87. The lowest BCUT2D eigenvalue weighted by atomic mass is 10.1. The Morgan fingerprint density at radius 1 is 1.00 bits per heavy atom. The van der Waals surface area contributed by atoms with Crippen LogP contribution in [0, 0.1) is 0 Å². The number of nitrogen functional groups attached to an aromatic ring is 1. The number of ether oxygens (including phenoxy) is 3. The normalized spacial score (nSPS) is 12.7. The average molecular weight is 425 g/mol. The van der Waals surface area contributed by atoms with E-state index in [1.807, 2.05) is 13.0 Å². The number of benzene rings is 1. The molecular weight excluding hydrogens is 388 g/mol. The van der Waals surface area contributed by atoms with Crippen molar-refractivity contribution in [1.82, 2.24) is 5.32 Å². The summed E-state index contributed by atoms with van der Waals surface area (Å²) >= 11 is 0. The Morgan fingerprint density at radius 2 is 1.53 bits per heavy atom. The summed E-state index contributed by atoms with van der Waals surface area (Å²) < 4.78 is 16.2. The predicted molar refractivity (Wildman–Crippen MR) is 119 cm³/mol. The number of carbonyl (C=O) groups excluding carboxylic acids is 2. The van der Waals surface area contributed by atoms with Gasteiger partial charge in [0.25, 0.3) is 0 Å². The van der Waals surface area contributed by atoms with Gasteiger partial charge in [-0.05, 0) is 66.2 Å². The van der Waals surface area contributed by atoms with E-state index in [1.54, 1.807) is 54.7 Å². The monoisotopic (exact) mass is 424 g/mol. The first kappa shape index (κ1) is 25.4. The molecule has 0 fully saturated rings. The largest absolute Gasteiger partial charge is 0.444 e. The molecule has 9 heteroatoms. The molecule has 0 saturated carbocycles. The minimum Gasteiger partial charge on any atom is -0.444 e. The van der Waals surface area contributed by atoms with E-state index >= 15 is 0 Å². The quantitative estimate of drug-likeness (QED) is 0.486. The number of hydrogen-bond donors (Lipinski definition) is 4. The van der Waals surface area contributed by atoms with Crippen LogP contribution in [0.5, 0.6) is 0 Å². The number of carbonyl (C=O) groups is 2. The van der Waals surface area contributed by atoms with Gasteiger partial charge in [-0.2, -0.15) is 0 Å². The highest BCUT2D eigenvalue weighted by atomic mass is 16.6. The fraction of sp³-hybridized carbons (Fsp3) is 0.619. The van der Waals surface area contributed by atoms with Gasteiger partial charge in [-0.25, -0.2) is 9.59 Å². The molecular formula is C21H36N4O5. The van der Waals surface area contributed by atoms with Crippen LogP contribution in [0.3, 0.4) is 0 Å². The van der Waals surface area contributed by atoms with Gasteiger partial charge in [0.15, 0.2) is 0 Å². The predicted octanol–water partition coefficient (Wildman–Crippen LogP) is 4.09. The molecule has 5 N–H and O–H groups in total. The van der Waals surface area contributed by atoms with Gasteiger partial charge in [-0.1, -0.05) is 0 Å². The number of rotatable bonds is 7. The molecule has 0 aliphatic heterocycles. The summed E-state index contributed by atoms with van der Waals surface area (Å²) in [6, 6.07) is 3.32. The van der Waals surface area contributed by atoms with Crippen molar-refractivity contribution < 1.29 is 23.8 Å². The SMILES string of the molecule is CNc1cc(COCC(C)NC(=O)OC(C)(C)C)cc(NC(=O)OC(C)(C)C)c1N. The van der Waals surface area contributed by atoms with Gasteiger partial charge < -0.3 is 30.6 Å². The Hall–Kier alpha value is -2.68. The van der Waals surface area contributed by atoms with Crippen molar-refractivity contribution in [2.45, 2.75) is 72.3 Å². The molecule has 0 saturated heterocycles. The van der Waals surface area contributed by atoms with E-state index in [-0.39, 0.29) is 19.3 Å². The van der Waals surface area contributed by atoms with Gasteiger partial charge >= 0.3 is 12.2 Å². The van der Waals surface area contributed by atoms with Crippen LogP contribution >= 0.6 is 0 Å². The molecule has 170 valence electrons. The summed E-state index contributed by atoms with van der Waals surface area (Å²) in [4.78, 5) is 23.9. The first-order valence-electron chi connectivity index (χ1n) is 9.87. The molecule has 9 nitrogen and oxygen atoms in total. The molecule has 0 heterocycles. The highest BCUT2D eigenvalue weighted by molar-refractivity contribution is 5.93. The standard InChI is InChI=1S/C21H36N4O5/c1-13(24-18(26)29-20(2,3)4)11-28-12-14-9-15(23-8)17(22)16(10-14)25-19(27)30-21(5,6)7/h9-10,13,23H,11-12,22H2,1-8H3,(H,24,26)(H,25,27). The summed E-state index contributed by atoms with van der Waals surface area (Å²) in [5.74, 6) is 0. The second-order valence-electron chi connectivity index (χ2n) is 9.04. The molecule has 1 unspecified atom stereocenters. The summed E-state index contributed by atoms with van der Waals surface area (Å²) in [6.07, 6.45) is -1.09. The molecule has 0 aliphatic carbocycles. The van der Waals surface area contributed by atoms with Gasteiger partial charge in [0.05, 0.1) is 36.3 Å². The molecule has 0 radical (unpaired) electrons. The molecule has 1 atom stereocenters. The lowest BCUT2D eigenvalue weighted by Gasteiger charge is -2.22. The topological polar surface area (TPSA) is 124 Å². The van der Waals surface area contributed by atoms with E-state index in [2.05, 4.69) is 16.0 Å². The van der Waals surface area contributed by atoms with Crippen molar-refractivity contribution in [3.63, 3.8) is 0 Å². The van der Waals surface area contributed by atoms with E-state index in [9.17, 15) is 9.59 Å². The Labute approximate surface area is 179 Å². The van der Waals surface area contributed by atoms with Crippen LogP contribution in [0.4, 0.5) is 26.7 Å². The Kier molecular flexibility index (Phi) is 8.77. The third kappa shape index (κ3) is 9.69. The van der Waals surface area contributed by atoms with E-state index in [0.717, 1.165) is 5.56 Å². The molecule has 0 aliphatic rings. The van der Waals surface area contributed by atoms with E-state index in [4.69, 9.17) is 19.9 Å². The van der Waals surface area contributed by atoms with Crippen molar-refractivity contribution >= 4 is 29.2 Å².